The first-order chi connectivity index (χ1) is 23.7. The Hall–Kier alpha value is -6.36. The molecule has 5 aromatic carbocycles. The van der Waals surface area contributed by atoms with Crippen molar-refractivity contribution < 1.29 is 0 Å². The number of aryl methyl sites for hydroxylation is 1. The molecule has 0 amide bonds. The molecule has 0 N–H and O–H groups in total. The SMILES string of the molecule is N#CC1=Cc2c(c3ccccc3n2-c2cc(C#N)ccc2-c2cccc(-c3cccc(-n4c5c(c6ccccc64)C=CCC5)c3)c2)CC1. The summed E-state index contributed by atoms with van der Waals surface area (Å²) in [5.41, 5.74) is 15.1. The minimum atomic E-state index is 0.599. The van der Waals surface area contributed by atoms with Crippen LogP contribution in [0, 0.1) is 22.7 Å². The fourth-order valence-corrected chi connectivity index (χ4v) is 7.77. The fraction of sp³-hybridized carbons (Fsp3) is 0.0909. The molecule has 2 aliphatic carbocycles. The Morgan fingerprint density at radius 2 is 1.35 bits per heavy atom. The van der Waals surface area contributed by atoms with E-state index in [2.05, 4.69) is 137 Å². The van der Waals surface area contributed by atoms with Gasteiger partial charge in [-0.1, -0.05) is 84.9 Å². The molecule has 0 aliphatic heterocycles. The smallest absolute Gasteiger partial charge is 0.0992 e. The van der Waals surface area contributed by atoms with Crippen molar-refractivity contribution >= 4 is 34.0 Å². The van der Waals surface area contributed by atoms with Gasteiger partial charge in [-0.05, 0) is 96.5 Å². The van der Waals surface area contributed by atoms with Gasteiger partial charge in [0.2, 0.25) is 0 Å². The third-order valence-corrected chi connectivity index (χ3v) is 9.95. The van der Waals surface area contributed by atoms with Crippen LogP contribution in [0.25, 0.3) is 67.6 Å². The number of fused-ring (bicyclic) bond motifs is 6. The van der Waals surface area contributed by atoms with Gasteiger partial charge >= 0.3 is 0 Å². The molecule has 48 heavy (non-hydrogen) atoms. The summed E-state index contributed by atoms with van der Waals surface area (Å²) in [6, 6.07) is 45.4. The number of rotatable bonds is 4. The molecule has 2 aromatic heterocycles. The van der Waals surface area contributed by atoms with Crippen molar-refractivity contribution in [1.82, 2.24) is 9.13 Å². The van der Waals surface area contributed by atoms with Crippen LogP contribution in [0.3, 0.4) is 0 Å². The first-order valence-electron chi connectivity index (χ1n) is 16.5. The largest absolute Gasteiger partial charge is 0.313 e. The highest BCUT2D eigenvalue weighted by atomic mass is 15.0. The lowest BCUT2D eigenvalue weighted by Gasteiger charge is -2.18. The third kappa shape index (κ3) is 4.35. The third-order valence-electron chi connectivity index (χ3n) is 9.95. The summed E-state index contributed by atoms with van der Waals surface area (Å²) in [6.07, 6.45) is 10.2. The molecule has 0 unspecified atom stereocenters. The van der Waals surface area contributed by atoms with Gasteiger partial charge in [0, 0.05) is 38.9 Å². The van der Waals surface area contributed by atoms with Crippen LogP contribution in [0.5, 0.6) is 0 Å². The predicted molar refractivity (Wildman–Crippen MR) is 195 cm³/mol. The molecule has 0 saturated heterocycles. The van der Waals surface area contributed by atoms with Crippen molar-refractivity contribution in [2.75, 3.05) is 0 Å². The number of aromatic nitrogens is 2. The maximum absolute atomic E-state index is 9.97. The normalized spacial score (nSPS) is 13.5. The van der Waals surface area contributed by atoms with Crippen molar-refractivity contribution in [2.24, 2.45) is 0 Å². The van der Waals surface area contributed by atoms with E-state index in [1.807, 2.05) is 18.2 Å². The Morgan fingerprint density at radius 1 is 0.604 bits per heavy atom. The second-order valence-corrected chi connectivity index (χ2v) is 12.6. The van der Waals surface area contributed by atoms with E-state index in [1.165, 1.54) is 33.1 Å². The lowest BCUT2D eigenvalue weighted by Crippen LogP contribution is -2.04. The summed E-state index contributed by atoms with van der Waals surface area (Å²) >= 11 is 0. The van der Waals surface area contributed by atoms with Crippen LogP contribution in [0.4, 0.5) is 0 Å². The minimum absolute atomic E-state index is 0.599. The number of allylic oxidation sites excluding steroid dienone is 2. The molecule has 0 bridgehead atoms. The van der Waals surface area contributed by atoms with Crippen LogP contribution in [0.2, 0.25) is 0 Å². The van der Waals surface area contributed by atoms with Crippen molar-refractivity contribution in [3.05, 3.63) is 155 Å². The molecule has 0 spiro atoms. The highest BCUT2D eigenvalue weighted by Gasteiger charge is 2.23. The molecule has 0 fully saturated rings. The Morgan fingerprint density at radius 3 is 2.19 bits per heavy atom. The van der Waals surface area contributed by atoms with E-state index in [1.54, 1.807) is 0 Å². The monoisotopic (exact) mass is 614 g/mol. The van der Waals surface area contributed by atoms with Gasteiger partial charge in [0.1, 0.15) is 0 Å². The molecule has 4 nitrogen and oxygen atoms in total. The summed E-state index contributed by atoms with van der Waals surface area (Å²) in [4.78, 5) is 0. The molecule has 0 saturated carbocycles. The van der Waals surface area contributed by atoms with Gasteiger partial charge < -0.3 is 9.13 Å². The van der Waals surface area contributed by atoms with Crippen LogP contribution < -0.4 is 0 Å². The Labute approximate surface area is 279 Å². The average Bonchev–Trinajstić information content (AvgIpc) is 3.67. The zero-order valence-corrected chi connectivity index (χ0v) is 26.3. The van der Waals surface area contributed by atoms with Crippen LogP contribution in [0.15, 0.2) is 127 Å². The zero-order valence-electron chi connectivity index (χ0n) is 26.3. The molecule has 226 valence electrons. The summed E-state index contributed by atoms with van der Waals surface area (Å²) < 4.78 is 4.68. The molecule has 7 aromatic rings. The van der Waals surface area contributed by atoms with Crippen LogP contribution in [0.1, 0.15) is 40.9 Å². The molecule has 2 aliphatic rings. The minimum Gasteiger partial charge on any atom is -0.313 e. The highest BCUT2D eigenvalue weighted by Crippen LogP contribution is 2.40. The second kappa shape index (κ2) is 11.2. The van der Waals surface area contributed by atoms with E-state index in [0.29, 0.717) is 5.56 Å². The van der Waals surface area contributed by atoms with Gasteiger partial charge in [-0.3, -0.25) is 0 Å². The van der Waals surface area contributed by atoms with Crippen LogP contribution in [-0.2, 0) is 12.8 Å². The molecule has 0 atom stereocenters. The molecule has 2 heterocycles. The average molecular weight is 615 g/mol. The summed E-state index contributed by atoms with van der Waals surface area (Å²) in [5, 5.41) is 22.3. The van der Waals surface area contributed by atoms with Gasteiger partial charge in [0.05, 0.1) is 40.1 Å². The van der Waals surface area contributed by atoms with Gasteiger partial charge in [-0.25, -0.2) is 0 Å². The number of hydrogen-bond donors (Lipinski definition) is 0. The van der Waals surface area contributed by atoms with Gasteiger partial charge in [-0.15, -0.1) is 0 Å². The van der Waals surface area contributed by atoms with E-state index < -0.39 is 0 Å². The van der Waals surface area contributed by atoms with E-state index >= 15 is 0 Å². The van der Waals surface area contributed by atoms with Gasteiger partial charge in [0.15, 0.2) is 0 Å². The molecule has 4 heteroatoms. The van der Waals surface area contributed by atoms with Gasteiger partial charge in [0.25, 0.3) is 0 Å². The molecular formula is C44H30N4. The Bertz CT molecular complexity index is 2590. The second-order valence-electron chi connectivity index (χ2n) is 12.6. The molecule has 0 radical (unpaired) electrons. The zero-order chi connectivity index (χ0) is 32.2. The summed E-state index contributed by atoms with van der Waals surface area (Å²) in [6.45, 7) is 0. The van der Waals surface area contributed by atoms with Crippen LogP contribution in [-0.4, -0.2) is 9.13 Å². The van der Waals surface area contributed by atoms with E-state index in [4.69, 9.17) is 0 Å². The first kappa shape index (κ1) is 27.9. The summed E-state index contributed by atoms with van der Waals surface area (Å²) in [7, 11) is 0. The number of hydrogen-bond acceptors (Lipinski definition) is 2. The lowest BCUT2D eigenvalue weighted by molar-refractivity contribution is 0.889. The number of benzene rings is 5. The van der Waals surface area contributed by atoms with Crippen molar-refractivity contribution in [3.63, 3.8) is 0 Å². The lowest BCUT2D eigenvalue weighted by atomic mass is 9.95. The van der Waals surface area contributed by atoms with Crippen molar-refractivity contribution in [1.29, 1.82) is 10.5 Å². The first-order valence-corrected chi connectivity index (χ1v) is 16.5. The Balaban J connectivity index is 1.21. The maximum Gasteiger partial charge on any atom is 0.0992 e. The van der Waals surface area contributed by atoms with Crippen molar-refractivity contribution in [2.45, 2.75) is 25.7 Å². The highest BCUT2D eigenvalue weighted by molar-refractivity contribution is 5.95. The quantitative estimate of drug-likeness (QED) is 0.198. The molecular weight excluding hydrogens is 585 g/mol. The van der Waals surface area contributed by atoms with Crippen LogP contribution >= 0.6 is 0 Å². The predicted octanol–water partition coefficient (Wildman–Crippen LogP) is 10.6. The number of nitrogens with zero attached hydrogens (tertiary/aromatic N) is 4. The standard InChI is InChI=1S/C44H30N4/c45-27-29-19-21-35(43(23-29)48-42-18-6-3-15-38(42)39-22-20-30(28-46)24-44(39)48)33-11-7-9-31(25-33)32-10-8-12-34(26-32)47-40-16-4-1-13-36(40)37-14-2-5-17-41(37)47/h1-4,6-16,18-19,21,23-26H,5,17,20,22H2. The van der Waals surface area contributed by atoms with E-state index in [0.717, 1.165) is 76.1 Å². The number of nitriles is 2. The Kier molecular flexibility index (Phi) is 6.49. The fourth-order valence-electron chi connectivity index (χ4n) is 7.77. The van der Waals surface area contributed by atoms with E-state index in [-0.39, 0.29) is 0 Å². The van der Waals surface area contributed by atoms with E-state index in [9.17, 15) is 10.5 Å². The summed E-state index contributed by atoms with van der Waals surface area (Å²) in [5.74, 6) is 0. The topological polar surface area (TPSA) is 57.4 Å². The molecule has 9 rings (SSSR count). The van der Waals surface area contributed by atoms with Gasteiger partial charge in [-0.2, -0.15) is 10.5 Å². The number of para-hydroxylation sites is 2. The maximum atomic E-state index is 9.97. The van der Waals surface area contributed by atoms with Crippen molar-refractivity contribution in [3.8, 4) is 45.8 Å².